The fourth-order valence-corrected chi connectivity index (χ4v) is 3.81. The number of fused-ring (bicyclic) bond motifs is 1. The Hall–Kier alpha value is -1.07. The van der Waals surface area contributed by atoms with Crippen molar-refractivity contribution in [3.8, 4) is 5.75 Å². The molecule has 0 radical (unpaired) electrons. The van der Waals surface area contributed by atoms with Gasteiger partial charge in [-0.25, -0.2) is 8.42 Å². The number of benzene rings is 1. The molecule has 2 rings (SSSR count). The molecule has 1 aliphatic rings. The lowest BCUT2D eigenvalue weighted by Crippen LogP contribution is -2.31. The largest absolute Gasteiger partial charge is 0.508 e. The maximum Gasteiger partial charge on any atom is 0.243 e. The lowest BCUT2D eigenvalue weighted by Gasteiger charge is -2.18. The fourth-order valence-electron chi connectivity index (χ4n) is 1.92. The average molecular weight is 241 g/mol. The van der Waals surface area contributed by atoms with Crippen molar-refractivity contribution < 1.29 is 13.5 Å². The molecule has 1 heterocycles. The average Bonchev–Trinajstić information content (AvgIpc) is 2.41. The molecule has 0 atom stereocenters. The molecule has 5 heteroatoms. The van der Waals surface area contributed by atoms with Crippen LogP contribution in [-0.4, -0.2) is 23.9 Å². The first-order valence-corrected chi connectivity index (χ1v) is 6.62. The van der Waals surface area contributed by atoms with E-state index >= 15 is 0 Å². The summed E-state index contributed by atoms with van der Waals surface area (Å²) in [6.07, 6.45) is 0. The third-order valence-corrected chi connectivity index (χ3v) is 4.97. The Morgan fingerprint density at radius 2 is 2.00 bits per heavy atom. The first-order chi connectivity index (χ1) is 7.34. The molecular weight excluding hydrogens is 226 g/mol. The molecule has 0 spiro atoms. The van der Waals surface area contributed by atoms with Crippen molar-refractivity contribution in [3.05, 3.63) is 23.3 Å². The summed E-state index contributed by atoms with van der Waals surface area (Å²) < 4.78 is 25.7. The highest BCUT2D eigenvalue weighted by Crippen LogP contribution is 2.35. The summed E-state index contributed by atoms with van der Waals surface area (Å²) in [5.74, 6) is 0.152. The Bertz CT molecular complexity index is 534. The van der Waals surface area contributed by atoms with Crippen molar-refractivity contribution in [2.75, 3.05) is 0 Å². The second kappa shape index (κ2) is 3.46. The monoisotopic (exact) mass is 241 g/mol. The zero-order valence-corrected chi connectivity index (χ0v) is 10.4. The predicted octanol–water partition coefficient (Wildman–Crippen LogP) is 1.61. The first-order valence-electron chi connectivity index (χ1n) is 5.18. The molecule has 0 bridgehead atoms. The van der Waals surface area contributed by atoms with Crippen molar-refractivity contribution in [1.29, 1.82) is 0 Å². The van der Waals surface area contributed by atoms with E-state index in [4.69, 9.17) is 0 Å². The third kappa shape index (κ3) is 1.51. The quantitative estimate of drug-likeness (QED) is 0.812. The molecule has 1 aromatic rings. The summed E-state index contributed by atoms with van der Waals surface area (Å²) in [5.41, 5.74) is 1.27. The number of hydrogen-bond donors (Lipinski definition) is 1. The highest BCUT2D eigenvalue weighted by atomic mass is 32.2. The van der Waals surface area contributed by atoms with Gasteiger partial charge >= 0.3 is 0 Å². The van der Waals surface area contributed by atoms with Gasteiger partial charge in [-0.05, 0) is 44.0 Å². The Labute approximate surface area is 95.6 Å². The Morgan fingerprint density at radius 1 is 1.38 bits per heavy atom. The van der Waals surface area contributed by atoms with E-state index in [2.05, 4.69) is 0 Å². The molecule has 0 aliphatic carbocycles. The molecule has 16 heavy (non-hydrogen) atoms. The van der Waals surface area contributed by atoms with Crippen molar-refractivity contribution in [2.24, 2.45) is 0 Å². The minimum absolute atomic E-state index is 0.0696. The van der Waals surface area contributed by atoms with Crippen molar-refractivity contribution in [3.63, 3.8) is 0 Å². The molecule has 4 nitrogen and oxygen atoms in total. The number of aryl methyl sites for hydroxylation is 1. The molecule has 1 N–H and O–H groups in total. The van der Waals surface area contributed by atoms with Gasteiger partial charge in [0.2, 0.25) is 10.0 Å². The molecule has 0 saturated carbocycles. The van der Waals surface area contributed by atoms with E-state index in [-0.39, 0.29) is 11.8 Å². The second-order valence-corrected chi connectivity index (χ2v) is 6.25. The van der Waals surface area contributed by atoms with Crippen LogP contribution in [-0.2, 0) is 16.6 Å². The van der Waals surface area contributed by atoms with Gasteiger partial charge in [-0.15, -0.1) is 0 Å². The van der Waals surface area contributed by atoms with Crippen molar-refractivity contribution >= 4 is 10.0 Å². The van der Waals surface area contributed by atoms with Gasteiger partial charge in [-0.3, -0.25) is 0 Å². The normalized spacial score (nSPS) is 19.0. The van der Waals surface area contributed by atoms with Crippen LogP contribution in [0.25, 0.3) is 0 Å². The molecule has 0 amide bonds. The fraction of sp³-hybridized carbons (Fsp3) is 0.455. The number of phenols is 1. The Balaban J connectivity index is 2.62. The van der Waals surface area contributed by atoms with Crippen molar-refractivity contribution in [1.82, 2.24) is 4.31 Å². The Kier molecular flexibility index (Phi) is 2.47. The molecule has 0 unspecified atom stereocenters. The molecule has 88 valence electrons. The molecule has 0 fully saturated rings. The van der Waals surface area contributed by atoms with Gasteiger partial charge in [0, 0.05) is 12.6 Å². The number of sulfonamides is 1. The summed E-state index contributed by atoms with van der Waals surface area (Å²) in [5, 5.41) is 9.57. The van der Waals surface area contributed by atoms with E-state index in [9.17, 15) is 13.5 Å². The van der Waals surface area contributed by atoms with E-state index in [1.54, 1.807) is 19.1 Å². The van der Waals surface area contributed by atoms with Crippen LogP contribution >= 0.6 is 0 Å². The zero-order chi connectivity index (χ0) is 12.1. The molecule has 1 aliphatic heterocycles. The number of phenolic OH excluding ortho intramolecular Hbond substituents is 1. The van der Waals surface area contributed by atoms with Crippen LogP contribution < -0.4 is 0 Å². The summed E-state index contributed by atoms with van der Waals surface area (Å²) in [6.45, 7) is 5.73. The summed E-state index contributed by atoms with van der Waals surface area (Å²) in [6, 6.07) is 3.02. The summed E-state index contributed by atoms with van der Waals surface area (Å²) in [4.78, 5) is 0.330. The molecule has 0 saturated heterocycles. The highest BCUT2D eigenvalue weighted by Gasteiger charge is 2.36. The minimum Gasteiger partial charge on any atom is -0.508 e. The topological polar surface area (TPSA) is 57.6 Å². The molecule has 0 aromatic heterocycles. The van der Waals surface area contributed by atoms with Crippen LogP contribution in [0, 0.1) is 6.92 Å². The van der Waals surface area contributed by atoms with Crippen LogP contribution in [0.1, 0.15) is 25.0 Å². The Morgan fingerprint density at radius 3 is 2.56 bits per heavy atom. The number of rotatable bonds is 1. The first kappa shape index (κ1) is 11.4. The van der Waals surface area contributed by atoms with Crippen LogP contribution in [0.5, 0.6) is 5.75 Å². The molecule has 1 aromatic carbocycles. The number of hydrogen-bond acceptors (Lipinski definition) is 3. The van der Waals surface area contributed by atoms with Crippen LogP contribution in [0.15, 0.2) is 17.0 Å². The van der Waals surface area contributed by atoms with Gasteiger partial charge in [0.15, 0.2) is 0 Å². The van der Waals surface area contributed by atoms with Gasteiger partial charge in [0.25, 0.3) is 0 Å². The maximum absolute atomic E-state index is 12.1. The van der Waals surface area contributed by atoms with Gasteiger partial charge < -0.3 is 5.11 Å². The smallest absolute Gasteiger partial charge is 0.243 e. The van der Waals surface area contributed by atoms with Crippen molar-refractivity contribution in [2.45, 2.75) is 38.3 Å². The third-order valence-electron chi connectivity index (χ3n) is 2.87. The predicted molar refractivity (Wildman–Crippen MR) is 60.7 cm³/mol. The summed E-state index contributed by atoms with van der Waals surface area (Å²) >= 11 is 0. The van der Waals surface area contributed by atoms with Gasteiger partial charge in [0.05, 0.1) is 4.90 Å². The SMILES string of the molecule is Cc1cc2c(cc1O)CN(C(C)C)S2(=O)=O. The van der Waals surface area contributed by atoms with E-state index in [0.717, 1.165) is 0 Å². The van der Waals surface area contributed by atoms with E-state index in [1.165, 1.54) is 4.31 Å². The number of aromatic hydroxyl groups is 1. The van der Waals surface area contributed by atoms with Gasteiger partial charge in [-0.1, -0.05) is 0 Å². The minimum atomic E-state index is -3.36. The van der Waals surface area contributed by atoms with E-state index in [0.29, 0.717) is 22.6 Å². The summed E-state index contributed by atoms with van der Waals surface area (Å²) in [7, 11) is -3.36. The standard InChI is InChI=1S/C11H15NO3S/c1-7(2)12-6-9-5-10(13)8(3)4-11(9)16(12,14)15/h4-5,7,13H,6H2,1-3H3. The maximum atomic E-state index is 12.1. The second-order valence-electron chi connectivity index (χ2n) is 4.39. The van der Waals surface area contributed by atoms with Crippen LogP contribution in [0.2, 0.25) is 0 Å². The molecular formula is C11H15NO3S. The van der Waals surface area contributed by atoms with E-state index in [1.807, 2.05) is 13.8 Å². The number of nitrogens with zero attached hydrogens (tertiary/aromatic N) is 1. The van der Waals surface area contributed by atoms with Gasteiger partial charge in [-0.2, -0.15) is 4.31 Å². The lowest BCUT2D eigenvalue weighted by atomic mass is 10.1. The van der Waals surface area contributed by atoms with E-state index < -0.39 is 10.0 Å². The van der Waals surface area contributed by atoms with Gasteiger partial charge in [0.1, 0.15) is 5.75 Å². The van der Waals surface area contributed by atoms with Crippen LogP contribution in [0.4, 0.5) is 0 Å². The van der Waals surface area contributed by atoms with Crippen LogP contribution in [0.3, 0.4) is 0 Å². The highest BCUT2D eigenvalue weighted by molar-refractivity contribution is 7.89. The lowest BCUT2D eigenvalue weighted by molar-refractivity contribution is 0.362. The zero-order valence-electron chi connectivity index (χ0n) is 9.56.